The Morgan fingerprint density at radius 3 is 2.52 bits per heavy atom. The summed E-state index contributed by atoms with van der Waals surface area (Å²) in [5, 5.41) is 5.21. The third-order valence-electron chi connectivity index (χ3n) is 5.51. The molecule has 0 saturated carbocycles. The molecule has 7 heteroatoms. The summed E-state index contributed by atoms with van der Waals surface area (Å²) in [5.41, 5.74) is 4.83. The third kappa shape index (κ3) is 4.79. The summed E-state index contributed by atoms with van der Waals surface area (Å²) in [6.45, 7) is 4.47. The van der Waals surface area contributed by atoms with Crippen LogP contribution in [0.1, 0.15) is 22.8 Å². The normalized spacial score (nSPS) is 11.8. The lowest BCUT2D eigenvalue weighted by Gasteiger charge is -2.20. The summed E-state index contributed by atoms with van der Waals surface area (Å²) < 4.78 is 16.6. The van der Waals surface area contributed by atoms with E-state index in [9.17, 15) is 9.00 Å². The molecule has 0 aliphatic carbocycles. The maximum absolute atomic E-state index is 13.0. The van der Waals surface area contributed by atoms with Crippen LogP contribution >= 0.6 is 0 Å². The van der Waals surface area contributed by atoms with E-state index in [0.29, 0.717) is 12.1 Å². The van der Waals surface area contributed by atoms with Crippen LogP contribution in [0.4, 0.5) is 11.4 Å². The van der Waals surface area contributed by atoms with E-state index >= 15 is 0 Å². The number of rotatable bonds is 7. The molecule has 1 heterocycles. The van der Waals surface area contributed by atoms with Gasteiger partial charge in [-0.2, -0.15) is 0 Å². The molecule has 1 unspecified atom stereocenters. The quantitative estimate of drug-likeness (QED) is 0.405. The molecule has 0 saturated heterocycles. The van der Waals surface area contributed by atoms with Crippen LogP contribution in [0.5, 0.6) is 0 Å². The first-order valence-corrected chi connectivity index (χ1v) is 11.9. The number of carbonyl (C=O) groups excluding carboxylic acids is 1. The molecule has 3 aromatic carbocycles. The van der Waals surface area contributed by atoms with Crippen LogP contribution in [0.2, 0.25) is 0 Å². The zero-order chi connectivity index (χ0) is 23.4. The topological polar surface area (TPSA) is 74.3 Å². The van der Waals surface area contributed by atoms with E-state index in [-0.39, 0.29) is 5.91 Å². The number of carbonyl (C=O) groups is 1. The summed E-state index contributed by atoms with van der Waals surface area (Å²) >= 11 is -1.32. The molecule has 0 aliphatic rings. The van der Waals surface area contributed by atoms with Gasteiger partial charge in [0.2, 0.25) is 0 Å². The molecule has 6 nitrogen and oxygen atoms in total. The Morgan fingerprint density at radius 2 is 1.79 bits per heavy atom. The summed E-state index contributed by atoms with van der Waals surface area (Å²) in [5.74, 6) is -0.203. The standard InChI is InChI=1S/C26H26N4O2S/c1-4-30(33(32)27-3)22-13-11-20(12-14-22)26(31)29-24-17-21(10-9-18(24)2)25-23-8-6-5-7-19(23)15-16-28-25/h5-17,27H,4H2,1-3H3,(H,29,31). The van der Waals surface area contributed by atoms with Crippen LogP contribution in [0.15, 0.2) is 79.0 Å². The minimum absolute atomic E-state index is 0.203. The Kier molecular flexibility index (Phi) is 6.82. The molecule has 33 heavy (non-hydrogen) atoms. The molecular weight excluding hydrogens is 432 g/mol. The fourth-order valence-corrected chi connectivity index (χ4v) is 4.50. The van der Waals surface area contributed by atoms with E-state index in [1.165, 1.54) is 0 Å². The van der Waals surface area contributed by atoms with Crippen molar-refractivity contribution in [3.8, 4) is 11.3 Å². The second-order valence-corrected chi connectivity index (χ2v) is 8.91. The highest BCUT2D eigenvalue weighted by atomic mass is 32.2. The molecule has 0 fully saturated rings. The average molecular weight is 459 g/mol. The van der Waals surface area contributed by atoms with E-state index in [2.05, 4.69) is 27.2 Å². The molecule has 0 spiro atoms. The van der Waals surface area contributed by atoms with E-state index in [0.717, 1.165) is 39.0 Å². The number of amides is 1. The van der Waals surface area contributed by atoms with E-state index in [4.69, 9.17) is 0 Å². The number of anilines is 2. The average Bonchev–Trinajstić information content (AvgIpc) is 2.85. The van der Waals surface area contributed by atoms with Crippen LogP contribution < -0.4 is 14.3 Å². The summed E-state index contributed by atoms with van der Waals surface area (Å²) in [4.78, 5) is 17.5. The van der Waals surface area contributed by atoms with Crippen molar-refractivity contribution in [1.82, 2.24) is 9.71 Å². The second-order valence-electron chi connectivity index (χ2n) is 7.56. The van der Waals surface area contributed by atoms with Gasteiger partial charge in [0, 0.05) is 34.9 Å². The van der Waals surface area contributed by atoms with Crippen molar-refractivity contribution in [2.45, 2.75) is 13.8 Å². The molecular formula is C26H26N4O2S. The monoisotopic (exact) mass is 458 g/mol. The zero-order valence-corrected chi connectivity index (χ0v) is 19.6. The maximum Gasteiger partial charge on any atom is 0.255 e. The molecule has 0 radical (unpaired) electrons. The van der Waals surface area contributed by atoms with E-state index < -0.39 is 11.2 Å². The van der Waals surface area contributed by atoms with Crippen molar-refractivity contribution in [3.05, 3.63) is 90.1 Å². The molecule has 1 aromatic heterocycles. The Balaban J connectivity index is 1.59. The summed E-state index contributed by atoms with van der Waals surface area (Å²) in [6.07, 6.45) is 1.80. The molecule has 168 valence electrons. The Bertz CT molecular complexity index is 1320. The predicted octanol–water partition coefficient (Wildman–Crippen LogP) is 5.09. The second kappa shape index (κ2) is 9.94. The highest BCUT2D eigenvalue weighted by Crippen LogP contribution is 2.30. The largest absolute Gasteiger partial charge is 0.322 e. The molecule has 1 amide bonds. The highest BCUT2D eigenvalue weighted by molar-refractivity contribution is 7.84. The fraction of sp³-hybridized carbons (Fsp3) is 0.154. The Morgan fingerprint density at radius 1 is 1.03 bits per heavy atom. The molecule has 4 aromatic rings. The third-order valence-corrected chi connectivity index (χ3v) is 6.73. The summed E-state index contributed by atoms with van der Waals surface area (Å²) in [7, 11) is 1.64. The van der Waals surface area contributed by atoms with Crippen molar-refractivity contribution >= 4 is 39.2 Å². The first-order chi connectivity index (χ1) is 16.0. The number of aryl methyl sites for hydroxylation is 1. The van der Waals surface area contributed by atoms with Gasteiger partial charge in [-0.1, -0.05) is 36.4 Å². The van der Waals surface area contributed by atoms with Crippen LogP contribution in [0, 0.1) is 6.92 Å². The summed E-state index contributed by atoms with van der Waals surface area (Å²) in [6, 6.07) is 23.2. The number of hydrogen-bond donors (Lipinski definition) is 2. The molecule has 0 bridgehead atoms. The minimum atomic E-state index is -1.32. The number of benzene rings is 3. The lowest BCUT2D eigenvalue weighted by molar-refractivity contribution is 0.102. The van der Waals surface area contributed by atoms with Gasteiger partial charge in [-0.15, -0.1) is 0 Å². The molecule has 1 atom stereocenters. The van der Waals surface area contributed by atoms with Crippen molar-refractivity contribution in [1.29, 1.82) is 0 Å². The van der Waals surface area contributed by atoms with Gasteiger partial charge in [0.1, 0.15) is 0 Å². The van der Waals surface area contributed by atoms with Crippen LogP contribution in [0.3, 0.4) is 0 Å². The van der Waals surface area contributed by atoms with Crippen molar-refractivity contribution < 1.29 is 9.00 Å². The highest BCUT2D eigenvalue weighted by Gasteiger charge is 2.14. The maximum atomic E-state index is 13.0. The first kappa shape index (κ1) is 22.6. The van der Waals surface area contributed by atoms with Gasteiger partial charge in [0.15, 0.2) is 11.2 Å². The van der Waals surface area contributed by atoms with Gasteiger partial charge in [-0.25, -0.2) is 8.93 Å². The lowest BCUT2D eigenvalue weighted by atomic mass is 10.0. The number of hydrogen-bond acceptors (Lipinski definition) is 3. The Hall–Kier alpha value is -3.55. The van der Waals surface area contributed by atoms with Crippen LogP contribution in [-0.4, -0.2) is 28.7 Å². The number of nitrogens with zero attached hydrogens (tertiary/aromatic N) is 2. The van der Waals surface area contributed by atoms with Gasteiger partial charge in [-0.05, 0) is 68.2 Å². The van der Waals surface area contributed by atoms with E-state index in [1.54, 1.807) is 41.8 Å². The van der Waals surface area contributed by atoms with Crippen molar-refractivity contribution in [3.63, 3.8) is 0 Å². The number of aromatic nitrogens is 1. The lowest BCUT2D eigenvalue weighted by Crippen LogP contribution is -2.33. The molecule has 0 aliphatic heterocycles. The van der Waals surface area contributed by atoms with Gasteiger partial charge in [0.25, 0.3) is 5.91 Å². The Labute approximate surface area is 196 Å². The van der Waals surface area contributed by atoms with Crippen LogP contribution in [0.25, 0.3) is 22.0 Å². The molecule has 2 N–H and O–H groups in total. The SMILES string of the molecule is CCN(c1ccc(C(=O)Nc2cc(-c3nccc4ccccc34)ccc2C)cc1)S(=O)NC. The van der Waals surface area contributed by atoms with Crippen LogP contribution in [-0.2, 0) is 11.2 Å². The van der Waals surface area contributed by atoms with E-state index in [1.807, 2.05) is 50.2 Å². The van der Waals surface area contributed by atoms with Gasteiger partial charge >= 0.3 is 0 Å². The molecule has 4 rings (SSSR count). The van der Waals surface area contributed by atoms with Gasteiger partial charge in [-0.3, -0.25) is 14.1 Å². The first-order valence-electron chi connectivity index (χ1n) is 10.7. The number of nitrogens with one attached hydrogen (secondary N) is 2. The van der Waals surface area contributed by atoms with Gasteiger partial charge in [0.05, 0.1) is 11.4 Å². The number of fused-ring (bicyclic) bond motifs is 1. The number of pyridine rings is 1. The zero-order valence-electron chi connectivity index (χ0n) is 18.8. The smallest absolute Gasteiger partial charge is 0.255 e. The van der Waals surface area contributed by atoms with Crippen molar-refractivity contribution in [2.24, 2.45) is 0 Å². The predicted molar refractivity (Wildman–Crippen MR) is 137 cm³/mol. The fourth-order valence-electron chi connectivity index (χ4n) is 3.73. The van der Waals surface area contributed by atoms with Gasteiger partial charge < -0.3 is 5.32 Å². The minimum Gasteiger partial charge on any atom is -0.322 e. The van der Waals surface area contributed by atoms with Crippen molar-refractivity contribution in [2.75, 3.05) is 23.2 Å².